The number of piperidine rings is 1. The minimum absolute atomic E-state index is 0.118. The summed E-state index contributed by atoms with van der Waals surface area (Å²) in [6.07, 6.45) is 2.54. The first kappa shape index (κ1) is 17.8. The van der Waals surface area contributed by atoms with Crippen LogP contribution in [0, 0.1) is 5.92 Å². The van der Waals surface area contributed by atoms with Gasteiger partial charge in [-0.25, -0.2) is 4.98 Å². The second-order valence-electron chi connectivity index (χ2n) is 7.61. The van der Waals surface area contributed by atoms with E-state index in [9.17, 15) is 0 Å². The third kappa shape index (κ3) is 3.93. The lowest BCUT2D eigenvalue weighted by Crippen LogP contribution is -2.44. The number of rotatable bonds is 5. The Morgan fingerprint density at radius 3 is 2.68 bits per heavy atom. The molecule has 5 nitrogen and oxygen atoms in total. The van der Waals surface area contributed by atoms with Crippen molar-refractivity contribution in [3.63, 3.8) is 0 Å². The lowest BCUT2D eigenvalue weighted by atomic mass is 9.96. The lowest BCUT2D eigenvalue weighted by Gasteiger charge is -2.35. The molecule has 28 heavy (non-hydrogen) atoms. The zero-order chi connectivity index (χ0) is 18.8. The van der Waals surface area contributed by atoms with Gasteiger partial charge in [-0.15, -0.1) is 0 Å². The van der Waals surface area contributed by atoms with Crippen LogP contribution in [0.4, 0.5) is 5.13 Å². The molecule has 5 rings (SSSR count). The van der Waals surface area contributed by atoms with Crippen LogP contribution in [0.25, 0.3) is 10.2 Å². The van der Waals surface area contributed by atoms with Crippen LogP contribution in [0.2, 0.25) is 0 Å². The highest BCUT2D eigenvalue weighted by Crippen LogP contribution is 2.31. The number of thiazole rings is 1. The molecule has 1 atom stereocenters. The number of hydrogen-bond acceptors (Lipinski definition) is 6. The molecule has 0 unspecified atom stereocenters. The van der Waals surface area contributed by atoms with Crippen LogP contribution in [0.1, 0.15) is 12.8 Å². The van der Waals surface area contributed by atoms with Gasteiger partial charge in [-0.3, -0.25) is 4.90 Å². The lowest BCUT2D eigenvalue weighted by molar-refractivity contribution is 0.0485. The first-order valence-corrected chi connectivity index (χ1v) is 10.9. The van der Waals surface area contributed by atoms with E-state index < -0.39 is 0 Å². The van der Waals surface area contributed by atoms with Crippen LogP contribution >= 0.6 is 11.3 Å². The molecule has 3 aromatic rings. The second kappa shape index (κ2) is 7.97. The van der Waals surface area contributed by atoms with Crippen LogP contribution < -0.4 is 14.8 Å². The molecular weight excluding hydrogens is 370 g/mol. The van der Waals surface area contributed by atoms with E-state index in [0.29, 0.717) is 12.5 Å². The third-order valence-electron chi connectivity index (χ3n) is 5.57. The van der Waals surface area contributed by atoms with Crippen LogP contribution in [0.15, 0.2) is 48.5 Å². The molecule has 2 aliphatic heterocycles. The summed E-state index contributed by atoms with van der Waals surface area (Å²) in [6, 6.07) is 16.2. The van der Waals surface area contributed by atoms with E-state index in [2.05, 4.69) is 33.4 Å². The molecule has 1 saturated heterocycles. The van der Waals surface area contributed by atoms with Gasteiger partial charge in [0.15, 0.2) is 16.6 Å². The van der Waals surface area contributed by atoms with E-state index >= 15 is 0 Å². The normalized spacial score (nSPS) is 20.4. The zero-order valence-corrected chi connectivity index (χ0v) is 16.7. The number of fused-ring (bicyclic) bond motifs is 2. The van der Waals surface area contributed by atoms with Crippen molar-refractivity contribution in [2.24, 2.45) is 5.92 Å². The topological polar surface area (TPSA) is 46.6 Å². The molecular formula is C22H25N3O2S. The quantitative estimate of drug-likeness (QED) is 0.699. The fourth-order valence-electron chi connectivity index (χ4n) is 3.99. The molecule has 2 aliphatic rings. The van der Waals surface area contributed by atoms with Crippen LogP contribution in [-0.2, 0) is 0 Å². The highest BCUT2D eigenvalue weighted by Gasteiger charge is 2.26. The van der Waals surface area contributed by atoms with Gasteiger partial charge >= 0.3 is 0 Å². The number of aromatic nitrogens is 1. The van der Waals surface area contributed by atoms with Gasteiger partial charge in [0, 0.05) is 13.1 Å². The van der Waals surface area contributed by atoms with E-state index in [4.69, 9.17) is 9.47 Å². The molecule has 3 heterocycles. The zero-order valence-electron chi connectivity index (χ0n) is 15.8. The third-order valence-corrected chi connectivity index (χ3v) is 6.57. The first-order chi connectivity index (χ1) is 13.8. The Bertz CT molecular complexity index is 903. The maximum Gasteiger partial charge on any atom is 0.183 e. The number of anilines is 1. The average Bonchev–Trinajstić information content (AvgIpc) is 3.16. The van der Waals surface area contributed by atoms with E-state index in [-0.39, 0.29) is 6.10 Å². The van der Waals surface area contributed by atoms with Crippen molar-refractivity contribution in [1.29, 1.82) is 0 Å². The molecule has 0 bridgehead atoms. The molecule has 1 fully saturated rings. The molecule has 1 aromatic heterocycles. The monoisotopic (exact) mass is 395 g/mol. The second-order valence-corrected chi connectivity index (χ2v) is 8.64. The number of likely N-dealkylation sites (tertiary alicyclic amines) is 1. The summed E-state index contributed by atoms with van der Waals surface area (Å²) in [7, 11) is 0. The maximum absolute atomic E-state index is 6.11. The summed E-state index contributed by atoms with van der Waals surface area (Å²) >= 11 is 1.74. The number of hydrogen-bond donors (Lipinski definition) is 1. The Morgan fingerprint density at radius 1 is 1.04 bits per heavy atom. The van der Waals surface area contributed by atoms with Gasteiger partial charge in [0.2, 0.25) is 0 Å². The van der Waals surface area contributed by atoms with Crippen molar-refractivity contribution in [2.45, 2.75) is 18.9 Å². The minimum atomic E-state index is 0.118. The Labute approximate surface area is 169 Å². The SMILES string of the molecule is c1ccc2c(c1)OC[C@H](CN1CCC(CNc3nc4ccccc4s3)CC1)O2. The fourth-order valence-corrected chi connectivity index (χ4v) is 4.87. The van der Waals surface area contributed by atoms with E-state index in [1.165, 1.54) is 17.5 Å². The summed E-state index contributed by atoms with van der Waals surface area (Å²) in [6.45, 7) is 4.81. The summed E-state index contributed by atoms with van der Waals surface area (Å²) in [4.78, 5) is 7.18. The predicted molar refractivity (Wildman–Crippen MR) is 114 cm³/mol. The fraction of sp³-hybridized carbons (Fsp3) is 0.409. The molecule has 146 valence electrons. The molecule has 1 N–H and O–H groups in total. The number of nitrogens with one attached hydrogen (secondary N) is 1. The Morgan fingerprint density at radius 2 is 1.82 bits per heavy atom. The molecule has 0 saturated carbocycles. The average molecular weight is 396 g/mol. The van der Waals surface area contributed by atoms with Crippen LogP contribution in [0.3, 0.4) is 0 Å². The summed E-state index contributed by atoms with van der Waals surface area (Å²) in [5.41, 5.74) is 1.08. The number of para-hydroxylation sites is 3. The largest absolute Gasteiger partial charge is 0.486 e. The highest BCUT2D eigenvalue weighted by atomic mass is 32.1. The van der Waals surface area contributed by atoms with Crippen molar-refractivity contribution in [3.05, 3.63) is 48.5 Å². The van der Waals surface area contributed by atoms with Crippen molar-refractivity contribution in [1.82, 2.24) is 9.88 Å². The van der Waals surface area contributed by atoms with Gasteiger partial charge in [-0.1, -0.05) is 35.6 Å². The van der Waals surface area contributed by atoms with Gasteiger partial charge in [-0.05, 0) is 56.1 Å². The van der Waals surface area contributed by atoms with Gasteiger partial charge in [-0.2, -0.15) is 0 Å². The molecule has 2 aromatic carbocycles. The van der Waals surface area contributed by atoms with Crippen molar-refractivity contribution < 1.29 is 9.47 Å². The summed E-state index contributed by atoms with van der Waals surface area (Å²) in [5, 5.41) is 4.59. The Balaban J connectivity index is 1.08. The molecule has 6 heteroatoms. The highest BCUT2D eigenvalue weighted by molar-refractivity contribution is 7.22. The van der Waals surface area contributed by atoms with Gasteiger partial charge in [0.25, 0.3) is 0 Å². The van der Waals surface area contributed by atoms with Gasteiger partial charge < -0.3 is 14.8 Å². The summed E-state index contributed by atoms with van der Waals surface area (Å²) < 4.78 is 13.2. The van der Waals surface area contributed by atoms with Crippen LogP contribution in [-0.4, -0.2) is 48.8 Å². The van der Waals surface area contributed by atoms with Gasteiger partial charge in [0.05, 0.1) is 10.2 Å². The Kier molecular flexibility index (Phi) is 5.06. The molecule has 0 spiro atoms. The van der Waals surface area contributed by atoms with E-state index in [1.807, 2.05) is 30.3 Å². The number of benzene rings is 2. The van der Waals surface area contributed by atoms with Crippen molar-refractivity contribution in [3.8, 4) is 11.5 Å². The van der Waals surface area contributed by atoms with Crippen LogP contribution in [0.5, 0.6) is 11.5 Å². The first-order valence-electron chi connectivity index (χ1n) is 10.0. The van der Waals surface area contributed by atoms with E-state index in [0.717, 1.165) is 48.3 Å². The van der Waals surface area contributed by atoms with Crippen molar-refractivity contribution in [2.75, 3.05) is 38.1 Å². The number of ether oxygens (including phenoxy) is 2. The smallest absolute Gasteiger partial charge is 0.183 e. The van der Waals surface area contributed by atoms with Gasteiger partial charge in [0.1, 0.15) is 12.7 Å². The Hall–Kier alpha value is -2.31. The van der Waals surface area contributed by atoms with Crippen molar-refractivity contribution >= 4 is 26.7 Å². The maximum atomic E-state index is 6.11. The predicted octanol–water partition coefficient (Wildman–Crippen LogP) is 4.26. The molecule has 0 aliphatic carbocycles. The van der Waals surface area contributed by atoms with E-state index in [1.54, 1.807) is 11.3 Å². The molecule has 0 radical (unpaired) electrons. The standard InChI is InChI=1S/C22H25N3O2S/c1-4-8-21-18(5-1)24-22(28-21)23-13-16-9-11-25(12-10-16)14-17-15-26-19-6-2-3-7-20(19)27-17/h1-8,16-17H,9-15H2,(H,23,24)/t17-/m0/s1. The minimum Gasteiger partial charge on any atom is -0.486 e. The molecule has 0 amide bonds. The summed E-state index contributed by atoms with van der Waals surface area (Å²) in [5.74, 6) is 2.43. The number of nitrogens with zero attached hydrogens (tertiary/aromatic N) is 2.